The summed E-state index contributed by atoms with van der Waals surface area (Å²) in [5.41, 5.74) is 5.11. The topological polar surface area (TPSA) is 0 Å². The highest BCUT2D eigenvalue weighted by atomic mass is 14.2. The standard InChI is InChI=1S/C42H24/c1-2-10-33-31(5-1)23-32(34-19-15-29-13-11-25-6-3-8-27-17-21-36(34)41(29)39(25)27)24-38(33)35-20-16-30-14-12-26-7-4-9-28-18-22-37(35)42(30)40(26)28/h1-24H. The number of benzene rings is 10. The number of fused-ring (bicyclic) bond motifs is 1. The zero-order valence-corrected chi connectivity index (χ0v) is 22.9. The van der Waals surface area contributed by atoms with Crippen molar-refractivity contribution in [3.8, 4) is 22.3 Å². The molecule has 0 fully saturated rings. The van der Waals surface area contributed by atoms with Crippen molar-refractivity contribution in [1.29, 1.82) is 0 Å². The van der Waals surface area contributed by atoms with Crippen LogP contribution in [0.15, 0.2) is 146 Å². The van der Waals surface area contributed by atoms with Crippen molar-refractivity contribution in [1.82, 2.24) is 0 Å². The maximum absolute atomic E-state index is 2.43. The van der Waals surface area contributed by atoms with Crippen LogP contribution >= 0.6 is 0 Å². The first-order chi connectivity index (χ1) is 20.8. The molecule has 0 heterocycles. The van der Waals surface area contributed by atoms with Crippen LogP contribution in [0.5, 0.6) is 0 Å². The minimum absolute atomic E-state index is 1.26. The van der Waals surface area contributed by atoms with Gasteiger partial charge in [-0.2, -0.15) is 0 Å². The van der Waals surface area contributed by atoms with Crippen molar-refractivity contribution >= 4 is 75.4 Å². The highest BCUT2D eigenvalue weighted by Gasteiger charge is 2.17. The van der Waals surface area contributed by atoms with Crippen molar-refractivity contribution in [2.45, 2.75) is 0 Å². The van der Waals surface area contributed by atoms with Crippen LogP contribution in [-0.2, 0) is 0 Å². The van der Waals surface area contributed by atoms with E-state index in [9.17, 15) is 0 Å². The fraction of sp³-hybridized carbons (Fsp3) is 0. The van der Waals surface area contributed by atoms with Crippen LogP contribution in [0.25, 0.3) is 97.7 Å². The van der Waals surface area contributed by atoms with Gasteiger partial charge in [0.05, 0.1) is 0 Å². The van der Waals surface area contributed by atoms with Crippen LogP contribution in [0.2, 0.25) is 0 Å². The quantitative estimate of drug-likeness (QED) is 0.196. The van der Waals surface area contributed by atoms with Gasteiger partial charge in [0, 0.05) is 0 Å². The van der Waals surface area contributed by atoms with E-state index in [2.05, 4.69) is 146 Å². The third-order valence-electron chi connectivity index (χ3n) is 9.52. The first-order valence-electron chi connectivity index (χ1n) is 14.7. The van der Waals surface area contributed by atoms with E-state index in [1.54, 1.807) is 0 Å². The molecule has 0 aliphatic carbocycles. The molecule has 0 spiro atoms. The summed E-state index contributed by atoms with van der Waals surface area (Å²) >= 11 is 0. The SMILES string of the molecule is c1ccc2c(-c3ccc4ccc5cccc6ccc3c4c56)cc(-c3ccc4ccc5cccc6ccc3c4c56)cc2c1. The first kappa shape index (κ1) is 22.3. The molecule has 0 radical (unpaired) electrons. The van der Waals surface area contributed by atoms with Gasteiger partial charge < -0.3 is 0 Å². The summed E-state index contributed by atoms with van der Waals surface area (Å²) in [6, 6.07) is 54.5. The van der Waals surface area contributed by atoms with Crippen LogP contribution in [-0.4, -0.2) is 0 Å². The van der Waals surface area contributed by atoms with Gasteiger partial charge >= 0.3 is 0 Å². The van der Waals surface area contributed by atoms with E-state index in [1.165, 1.54) is 97.7 Å². The summed E-state index contributed by atoms with van der Waals surface area (Å²) in [6.07, 6.45) is 0. The lowest BCUT2D eigenvalue weighted by Crippen LogP contribution is -1.91. The highest BCUT2D eigenvalue weighted by Crippen LogP contribution is 2.44. The monoisotopic (exact) mass is 528 g/mol. The van der Waals surface area contributed by atoms with E-state index in [0.29, 0.717) is 0 Å². The van der Waals surface area contributed by atoms with E-state index in [0.717, 1.165) is 0 Å². The highest BCUT2D eigenvalue weighted by molar-refractivity contribution is 6.27. The second-order valence-electron chi connectivity index (χ2n) is 11.7. The van der Waals surface area contributed by atoms with Crippen molar-refractivity contribution in [3.63, 3.8) is 0 Å². The maximum Gasteiger partial charge on any atom is -0.00206 e. The second kappa shape index (κ2) is 8.06. The van der Waals surface area contributed by atoms with E-state index < -0.39 is 0 Å². The van der Waals surface area contributed by atoms with Crippen LogP contribution in [0.4, 0.5) is 0 Å². The Bertz CT molecular complexity index is 2640. The van der Waals surface area contributed by atoms with E-state index >= 15 is 0 Å². The van der Waals surface area contributed by atoms with Gasteiger partial charge in [-0.3, -0.25) is 0 Å². The molecule has 0 N–H and O–H groups in total. The van der Waals surface area contributed by atoms with Crippen LogP contribution in [0.1, 0.15) is 0 Å². The lowest BCUT2D eigenvalue weighted by molar-refractivity contribution is 1.67. The molecule has 0 saturated carbocycles. The fourth-order valence-electron chi connectivity index (χ4n) is 7.65. The Morgan fingerprint density at radius 3 is 1.31 bits per heavy atom. The molecule has 0 unspecified atom stereocenters. The summed E-state index contributed by atoms with van der Waals surface area (Å²) in [4.78, 5) is 0. The molecule has 192 valence electrons. The Balaban J connectivity index is 1.31. The molecule has 0 nitrogen and oxygen atoms in total. The molecule has 0 aliphatic heterocycles. The van der Waals surface area contributed by atoms with Gasteiger partial charge in [-0.05, 0) is 110 Å². The summed E-state index contributed by atoms with van der Waals surface area (Å²) in [7, 11) is 0. The number of hydrogen-bond acceptors (Lipinski definition) is 0. The van der Waals surface area contributed by atoms with E-state index in [-0.39, 0.29) is 0 Å². The van der Waals surface area contributed by atoms with Gasteiger partial charge in [-0.25, -0.2) is 0 Å². The molecule has 0 amide bonds. The van der Waals surface area contributed by atoms with Crippen molar-refractivity contribution in [3.05, 3.63) is 146 Å². The van der Waals surface area contributed by atoms with Crippen LogP contribution in [0, 0.1) is 0 Å². The first-order valence-corrected chi connectivity index (χ1v) is 14.7. The fourth-order valence-corrected chi connectivity index (χ4v) is 7.65. The van der Waals surface area contributed by atoms with Gasteiger partial charge in [0.1, 0.15) is 0 Å². The number of rotatable bonds is 2. The van der Waals surface area contributed by atoms with Gasteiger partial charge in [0.25, 0.3) is 0 Å². The van der Waals surface area contributed by atoms with Crippen molar-refractivity contribution in [2.24, 2.45) is 0 Å². The molecular weight excluding hydrogens is 504 g/mol. The largest absolute Gasteiger partial charge is 0.0616 e. The predicted molar refractivity (Wildman–Crippen MR) is 182 cm³/mol. The van der Waals surface area contributed by atoms with Gasteiger partial charge in [0.2, 0.25) is 0 Å². The Kier molecular flexibility index (Phi) is 4.27. The minimum Gasteiger partial charge on any atom is -0.0616 e. The zero-order valence-electron chi connectivity index (χ0n) is 22.9. The average molecular weight is 529 g/mol. The normalized spacial score (nSPS) is 12.3. The Morgan fingerprint density at radius 2 is 0.690 bits per heavy atom. The molecular formula is C42H24. The Hall–Kier alpha value is -5.46. The van der Waals surface area contributed by atoms with Crippen molar-refractivity contribution in [2.75, 3.05) is 0 Å². The third-order valence-corrected chi connectivity index (χ3v) is 9.52. The minimum atomic E-state index is 1.26. The Morgan fingerprint density at radius 1 is 0.238 bits per heavy atom. The summed E-state index contributed by atoms with van der Waals surface area (Å²) in [5, 5.41) is 18.4. The smallest absolute Gasteiger partial charge is 0.00206 e. The summed E-state index contributed by atoms with van der Waals surface area (Å²) in [6.45, 7) is 0. The Labute approximate surface area is 242 Å². The maximum atomic E-state index is 2.43. The molecule has 10 rings (SSSR count). The molecule has 0 aliphatic rings. The lowest BCUT2D eigenvalue weighted by atomic mass is 9.85. The molecule has 10 aromatic carbocycles. The summed E-state index contributed by atoms with van der Waals surface area (Å²) < 4.78 is 0. The molecule has 0 saturated heterocycles. The molecule has 0 heteroatoms. The van der Waals surface area contributed by atoms with Gasteiger partial charge in [-0.15, -0.1) is 0 Å². The van der Waals surface area contributed by atoms with E-state index in [1.807, 2.05) is 0 Å². The molecule has 0 bridgehead atoms. The second-order valence-corrected chi connectivity index (χ2v) is 11.7. The molecule has 10 aromatic rings. The van der Waals surface area contributed by atoms with Gasteiger partial charge in [0.15, 0.2) is 0 Å². The number of hydrogen-bond donors (Lipinski definition) is 0. The third kappa shape index (κ3) is 2.91. The van der Waals surface area contributed by atoms with Crippen molar-refractivity contribution < 1.29 is 0 Å². The zero-order chi connectivity index (χ0) is 27.4. The van der Waals surface area contributed by atoms with Crippen LogP contribution < -0.4 is 0 Å². The van der Waals surface area contributed by atoms with Crippen LogP contribution in [0.3, 0.4) is 0 Å². The molecule has 42 heavy (non-hydrogen) atoms. The molecule has 0 atom stereocenters. The van der Waals surface area contributed by atoms with E-state index in [4.69, 9.17) is 0 Å². The molecule has 0 aromatic heterocycles. The summed E-state index contributed by atoms with van der Waals surface area (Å²) in [5.74, 6) is 0. The predicted octanol–water partition coefficient (Wildman–Crippen LogP) is 12.0. The van der Waals surface area contributed by atoms with Gasteiger partial charge in [-0.1, -0.05) is 133 Å². The lowest BCUT2D eigenvalue weighted by Gasteiger charge is -2.18. The average Bonchev–Trinajstić information content (AvgIpc) is 3.05.